The average molecular weight is 265 g/mol. The van der Waals surface area contributed by atoms with Gasteiger partial charge in [0.05, 0.1) is 19.3 Å². The van der Waals surface area contributed by atoms with Gasteiger partial charge in [0.1, 0.15) is 0 Å². The van der Waals surface area contributed by atoms with Gasteiger partial charge < -0.3 is 5.32 Å². The summed E-state index contributed by atoms with van der Waals surface area (Å²) in [5.74, 6) is 1.19. The fraction of sp³-hybridized carbons (Fsp3) is 0.750. The largest absolute Gasteiger partial charge is 0.359 e. The van der Waals surface area contributed by atoms with Gasteiger partial charge in [-0.25, -0.2) is 0 Å². The van der Waals surface area contributed by atoms with Crippen LogP contribution < -0.4 is 5.32 Å². The molecule has 1 saturated heterocycles. The minimum absolute atomic E-state index is 0.356. The molecule has 2 aliphatic rings. The zero-order chi connectivity index (χ0) is 12.3. The summed E-state index contributed by atoms with van der Waals surface area (Å²) in [5, 5.41) is 12.5. The van der Waals surface area contributed by atoms with E-state index in [1.54, 1.807) is 6.20 Å². The quantitative estimate of drug-likeness (QED) is 0.903. The third-order valence-electron chi connectivity index (χ3n) is 3.72. The van der Waals surface area contributed by atoms with E-state index in [9.17, 15) is 0 Å². The van der Waals surface area contributed by atoms with Crippen LogP contribution in [0.15, 0.2) is 17.4 Å². The Kier molecular flexibility index (Phi) is 3.54. The first-order valence-electron chi connectivity index (χ1n) is 6.66. The van der Waals surface area contributed by atoms with E-state index in [0.717, 1.165) is 18.3 Å². The molecule has 0 bridgehead atoms. The second-order valence-electron chi connectivity index (χ2n) is 5.11. The molecule has 1 saturated carbocycles. The monoisotopic (exact) mass is 265 g/mol. The second kappa shape index (κ2) is 5.30. The number of hydrogen-bond donors (Lipinski definition) is 1. The fourth-order valence-electron chi connectivity index (χ4n) is 2.69. The van der Waals surface area contributed by atoms with Crippen molar-refractivity contribution in [3.05, 3.63) is 12.4 Å². The van der Waals surface area contributed by atoms with E-state index in [1.807, 2.05) is 22.6 Å². The number of rotatable bonds is 3. The first-order chi connectivity index (χ1) is 8.86. The topological polar surface area (TPSA) is 55.1 Å². The Balaban J connectivity index is 1.51. The highest BCUT2D eigenvalue weighted by Gasteiger charge is 2.37. The van der Waals surface area contributed by atoms with Crippen molar-refractivity contribution in [3.63, 3.8) is 0 Å². The van der Waals surface area contributed by atoms with Gasteiger partial charge in [0.15, 0.2) is 5.17 Å². The van der Waals surface area contributed by atoms with Crippen LogP contribution in [0.4, 0.5) is 0 Å². The van der Waals surface area contributed by atoms with Crippen LogP contribution in [0.1, 0.15) is 32.1 Å². The van der Waals surface area contributed by atoms with E-state index >= 15 is 0 Å². The molecule has 2 heterocycles. The van der Waals surface area contributed by atoms with Crippen molar-refractivity contribution >= 4 is 16.9 Å². The minimum Gasteiger partial charge on any atom is -0.359 e. The van der Waals surface area contributed by atoms with E-state index in [2.05, 4.69) is 20.6 Å². The summed E-state index contributed by atoms with van der Waals surface area (Å²) in [6.45, 7) is 1.58. The summed E-state index contributed by atoms with van der Waals surface area (Å²) in [4.78, 5) is 4.63. The fourth-order valence-corrected chi connectivity index (χ4v) is 3.94. The van der Waals surface area contributed by atoms with Crippen LogP contribution in [-0.4, -0.2) is 38.0 Å². The van der Waals surface area contributed by atoms with Crippen LogP contribution in [-0.2, 0) is 6.54 Å². The lowest BCUT2D eigenvalue weighted by Gasteiger charge is -2.32. The molecule has 0 amide bonds. The van der Waals surface area contributed by atoms with E-state index in [1.165, 1.54) is 37.9 Å². The molecule has 0 unspecified atom stereocenters. The predicted octanol–water partition coefficient (Wildman–Crippen LogP) is 1.67. The van der Waals surface area contributed by atoms with Crippen LogP contribution in [0, 0.1) is 0 Å². The summed E-state index contributed by atoms with van der Waals surface area (Å²) < 4.78 is 1.82. The number of nitrogens with one attached hydrogen (secondary N) is 1. The van der Waals surface area contributed by atoms with Crippen molar-refractivity contribution in [1.29, 1.82) is 0 Å². The highest BCUT2D eigenvalue weighted by Crippen LogP contribution is 2.35. The van der Waals surface area contributed by atoms with Gasteiger partial charge in [-0.15, -0.1) is 5.10 Å². The van der Waals surface area contributed by atoms with Gasteiger partial charge in [-0.3, -0.25) is 9.67 Å². The number of aromatic nitrogens is 3. The molecule has 6 heteroatoms. The molecule has 0 radical (unpaired) electrons. The Bertz CT molecular complexity index is 408. The Morgan fingerprint density at radius 2 is 2.28 bits per heavy atom. The highest BCUT2D eigenvalue weighted by atomic mass is 32.2. The van der Waals surface area contributed by atoms with Gasteiger partial charge >= 0.3 is 0 Å². The van der Waals surface area contributed by atoms with Gasteiger partial charge in [-0.05, 0) is 12.8 Å². The predicted molar refractivity (Wildman–Crippen MR) is 73.7 cm³/mol. The van der Waals surface area contributed by atoms with Gasteiger partial charge in [0.2, 0.25) is 0 Å². The summed E-state index contributed by atoms with van der Waals surface area (Å²) in [5.41, 5.74) is 0.356. The maximum absolute atomic E-state index is 4.63. The van der Waals surface area contributed by atoms with Crippen LogP contribution in [0.3, 0.4) is 0 Å². The Labute approximate surface area is 111 Å². The number of thioether (sulfide) groups is 1. The van der Waals surface area contributed by atoms with Gasteiger partial charge in [-0.2, -0.15) is 0 Å². The third kappa shape index (κ3) is 2.68. The van der Waals surface area contributed by atoms with Gasteiger partial charge in [0.25, 0.3) is 0 Å². The average Bonchev–Trinajstić information content (AvgIpc) is 3.02. The minimum atomic E-state index is 0.356. The Hall–Kier alpha value is -1.04. The molecule has 1 aromatic rings. The molecule has 1 N–H and O–H groups in total. The highest BCUT2D eigenvalue weighted by molar-refractivity contribution is 8.14. The van der Waals surface area contributed by atoms with Crippen molar-refractivity contribution in [2.75, 3.05) is 12.3 Å². The molecule has 1 aliphatic heterocycles. The third-order valence-corrected chi connectivity index (χ3v) is 4.93. The van der Waals surface area contributed by atoms with Crippen LogP contribution in [0.25, 0.3) is 0 Å². The summed E-state index contributed by atoms with van der Waals surface area (Å²) in [6.07, 6.45) is 10.3. The molecule has 5 nitrogen and oxygen atoms in total. The molecule has 18 heavy (non-hydrogen) atoms. The molecule has 1 aliphatic carbocycles. The molecule has 1 aromatic heterocycles. The molecule has 3 rings (SSSR count). The standard InChI is InChI=1S/C12H19N5S/c1-2-4-12(5-3-1)10-18-11(15-12)13-6-8-17-9-7-14-16-17/h7,9H,1-6,8,10H2,(H,13,15). The first kappa shape index (κ1) is 12.0. The van der Waals surface area contributed by atoms with Crippen LogP contribution in [0.2, 0.25) is 0 Å². The van der Waals surface area contributed by atoms with E-state index in [-0.39, 0.29) is 0 Å². The molecular weight excluding hydrogens is 246 g/mol. The number of nitrogens with zero attached hydrogens (tertiary/aromatic N) is 4. The lowest BCUT2D eigenvalue weighted by Crippen LogP contribution is -2.45. The molecule has 1 spiro atoms. The molecule has 0 atom stereocenters. The molecule has 98 valence electrons. The normalized spacial score (nSPS) is 24.6. The molecule has 0 aromatic carbocycles. The van der Waals surface area contributed by atoms with Gasteiger partial charge in [-0.1, -0.05) is 36.2 Å². The number of aliphatic imine (C=N–C) groups is 1. The van der Waals surface area contributed by atoms with Crippen molar-refractivity contribution in [2.24, 2.45) is 4.99 Å². The van der Waals surface area contributed by atoms with Crippen molar-refractivity contribution in [3.8, 4) is 0 Å². The summed E-state index contributed by atoms with van der Waals surface area (Å²) in [7, 11) is 0. The smallest absolute Gasteiger partial charge is 0.157 e. The summed E-state index contributed by atoms with van der Waals surface area (Å²) in [6, 6.07) is 0. The van der Waals surface area contributed by atoms with E-state index in [4.69, 9.17) is 0 Å². The maximum atomic E-state index is 4.63. The molecule has 2 fully saturated rings. The zero-order valence-electron chi connectivity index (χ0n) is 10.5. The molecular formula is C12H19N5S. The Morgan fingerprint density at radius 1 is 1.39 bits per heavy atom. The maximum Gasteiger partial charge on any atom is 0.157 e. The second-order valence-corrected chi connectivity index (χ2v) is 6.07. The number of hydrogen-bond acceptors (Lipinski definition) is 4. The SMILES string of the molecule is c1cn(CCN=C2NC3(CCCCC3)CS2)nn1. The van der Waals surface area contributed by atoms with E-state index < -0.39 is 0 Å². The first-order valence-corrected chi connectivity index (χ1v) is 7.64. The van der Waals surface area contributed by atoms with Crippen molar-refractivity contribution < 1.29 is 0 Å². The lowest BCUT2D eigenvalue weighted by molar-refractivity contribution is 0.303. The van der Waals surface area contributed by atoms with E-state index in [0.29, 0.717) is 5.54 Å². The van der Waals surface area contributed by atoms with Crippen molar-refractivity contribution in [2.45, 2.75) is 44.2 Å². The number of amidine groups is 1. The summed E-state index contributed by atoms with van der Waals surface area (Å²) >= 11 is 1.88. The Morgan fingerprint density at radius 3 is 3.06 bits per heavy atom. The lowest BCUT2D eigenvalue weighted by atomic mass is 9.83. The zero-order valence-corrected chi connectivity index (χ0v) is 11.3. The van der Waals surface area contributed by atoms with Crippen LogP contribution >= 0.6 is 11.8 Å². The van der Waals surface area contributed by atoms with Crippen molar-refractivity contribution in [1.82, 2.24) is 20.3 Å². The van der Waals surface area contributed by atoms with Crippen LogP contribution in [0.5, 0.6) is 0 Å². The van der Waals surface area contributed by atoms with Gasteiger partial charge in [0, 0.05) is 17.5 Å².